The van der Waals surface area contributed by atoms with E-state index in [1.807, 2.05) is 38.8 Å². The van der Waals surface area contributed by atoms with E-state index in [4.69, 9.17) is 4.74 Å². The van der Waals surface area contributed by atoms with Crippen LogP contribution in [0.3, 0.4) is 0 Å². The number of pyridine rings is 1. The highest BCUT2D eigenvalue weighted by Crippen LogP contribution is 2.28. The molecular formula is C19H23F2N3O. The lowest BCUT2D eigenvalue weighted by atomic mass is 10.1. The van der Waals surface area contributed by atoms with Crippen LogP contribution in [0.5, 0.6) is 5.88 Å². The quantitative estimate of drug-likeness (QED) is 0.560. The molecular weight excluding hydrogens is 324 g/mol. The highest BCUT2D eigenvalue weighted by Gasteiger charge is 2.14. The van der Waals surface area contributed by atoms with E-state index in [1.54, 1.807) is 13.3 Å². The van der Waals surface area contributed by atoms with Gasteiger partial charge in [-0.25, -0.2) is 18.8 Å². The Hall–Kier alpha value is -2.50. The molecule has 0 N–H and O–H groups in total. The molecule has 134 valence electrons. The van der Waals surface area contributed by atoms with E-state index in [0.29, 0.717) is 11.4 Å². The zero-order valence-electron chi connectivity index (χ0n) is 15.2. The summed E-state index contributed by atoms with van der Waals surface area (Å²) in [6.45, 7) is 8.33. The Bertz CT molecular complexity index is 757. The zero-order valence-corrected chi connectivity index (χ0v) is 15.2. The van der Waals surface area contributed by atoms with Crippen LogP contribution in [-0.4, -0.2) is 29.8 Å². The highest BCUT2D eigenvalue weighted by molar-refractivity contribution is 5.62. The number of aliphatic imine (C=N–C) groups is 1. The first-order valence-corrected chi connectivity index (χ1v) is 8.15. The van der Waals surface area contributed by atoms with Crippen molar-refractivity contribution >= 4 is 12.0 Å². The highest BCUT2D eigenvalue weighted by atomic mass is 19.1. The number of hydrogen-bond acceptors (Lipinski definition) is 3. The van der Waals surface area contributed by atoms with Crippen LogP contribution < -0.4 is 4.74 Å². The van der Waals surface area contributed by atoms with Gasteiger partial charge < -0.3 is 9.64 Å². The lowest BCUT2D eigenvalue weighted by Crippen LogP contribution is -2.14. The largest absolute Gasteiger partial charge is 0.470 e. The van der Waals surface area contributed by atoms with E-state index < -0.39 is 17.7 Å². The van der Waals surface area contributed by atoms with Gasteiger partial charge in [0.05, 0.1) is 17.7 Å². The van der Waals surface area contributed by atoms with Crippen molar-refractivity contribution in [1.82, 2.24) is 9.88 Å². The third kappa shape index (κ3) is 4.98. The van der Waals surface area contributed by atoms with E-state index in [9.17, 15) is 8.78 Å². The van der Waals surface area contributed by atoms with Crippen molar-refractivity contribution in [3.8, 4) is 5.88 Å². The Morgan fingerprint density at radius 3 is 2.44 bits per heavy atom. The van der Waals surface area contributed by atoms with E-state index >= 15 is 0 Å². The number of hydrogen-bond donors (Lipinski definition) is 0. The number of aryl methyl sites for hydroxylation is 2. The van der Waals surface area contributed by atoms with Gasteiger partial charge in [-0.05, 0) is 51.5 Å². The average Bonchev–Trinajstić information content (AvgIpc) is 2.55. The summed E-state index contributed by atoms with van der Waals surface area (Å²) in [6, 6.07) is 5.24. The summed E-state index contributed by atoms with van der Waals surface area (Å²) in [7, 11) is 1.94. The van der Waals surface area contributed by atoms with Gasteiger partial charge in [0.15, 0.2) is 0 Å². The van der Waals surface area contributed by atoms with Crippen LogP contribution in [0.1, 0.15) is 36.8 Å². The summed E-state index contributed by atoms with van der Waals surface area (Å²) >= 11 is 0. The molecule has 4 nitrogen and oxygen atoms in total. The Labute approximate surface area is 147 Å². The summed E-state index contributed by atoms with van der Waals surface area (Å²) in [5.74, 6) is -0.829. The van der Waals surface area contributed by atoms with Gasteiger partial charge in [-0.3, -0.25) is 0 Å². The topological polar surface area (TPSA) is 37.7 Å². The maximum atomic E-state index is 13.4. The number of ether oxygens (including phenoxy) is 1. The first-order chi connectivity index (χ1) is 11.8. The van der Waals surface area contributed by atoms with Crippen molar-refractivity contribution in [1.29, 1.82) is 0 Å². The molecule has 1 aromatic heterocycles. The van der Waals surface area contributed by atoms with Crippen LogP contribution in [0.4, 0.5) is 14.5 Å². The van der Waals surface area contributed by atoms with Crippen molar-refractivity contribution < 1.29 is 13.5 Å². The van der Waals surface area contributed by atoms with Gasteiger partial charge in [0, 0.05) is 25.2 Å². The van der Waals surface area contributed by atoms with Gasteiger partial charge in [-0.1, -0.05) is 0 Å². The van der Waals surface area contributed by atoms with Crippen LogP contribution >= 0.6 is 0 Å². The van der Waals surface area contributed by atoms with E-state index in [2.05, 4.69) is 9.98 Å². The van der Waals surface area contributed by atoms with E-state index in [-0.39, 0.29) is 0 Å². The number of aromatic nitrogens is 1. The molecule has 25 heavy (non-hydrogen) atoms. The van der Waals surface area contributed by atoms with E-state index in [0.717, 1.165) is 29.6 Å². The standard InChI is InChI=1S/C19H23F2N3O/c1-6-24(5)11-22-18-7-12(2)19(23-13(18)3)25-14(4)15-8-16(20)10-17(21)9-15/h7-11,14H,6H2,1-5H3. The number of halogens is 2. The SMILES string of the molecule is CCN(C)C=Nc1cc(C)c(OC(C)c2cc(F)cc(F)c2)nc1C. The molecule has 0 bridgehead atoms. The van der Waals surface area contributed by atoms with Crippen molar-refractivity contribution in [3.05, 3.63) is 52.7 Å². The molecule has 0 aliphatic heterocycles. The van der Waals surface area contributed by atoms with Gasteiger partial charge in [-0.15, -0.1) is 0 Å². The fourth-order valence-corrected chi connectivity index (χ4v) is 2.21. The van der Waals surface area contributed by atoms with Crippen molar-refractivity contribution in [3.63, 3.8) is 0 Å². The van der Waals surface area contributed by atoms with Crippen molar-refractivity contribution in [2.75, 3.05) is 13.6 Å². The Balaban J connectivity index is 2.22. The molecule has 0 amide bonds. The molecule has 0 radical (unpaired) electrons. The van der Waals surface area contributed by atoms with Crippen LogP contribution in [0.25, 0.3) is 0 Å². The zero-order chi connectivity index (χ0) is 18.6. The number of benzene rings is 1. The number of rotatable bonds is 6. The normalized spacial score (nSPS) is 12.4. The fourth-order valence-electron chi connectivity index (χ4n) is 2.21. The first-order valence-electron chi connectivity index (χ1n) is 8.15. The monoisotopic (exact) mass is 347 g/mol. The number of nitrogens with zero attached hydrogens (tertiary/aromatic N) is 3. The van der Waals surface area contributed by atoms with Gasteiger partial charge in [0.2, 0.25) is 5.88 Å². The Kier molecular flexibility index (Phi) is 6.07. The van der Waals surface area contributed by atoms with Crippen LogP contribution in [-0.2, 0) is 0 Å². The van der Waals surface area contributed by atoms with Gasteiger partial charge >= 0.3 is 0 Å². The summed E-state index contributed by atoms with van der Waals surface area (Å²) in [4.78, 5) is 10.8. The van der Waals surface area contributed by atoms with E-state index in [1.165, 1.54) is 12.1 Å². The lowest BCUT2D eigenvalue weighted by Gasteiger charge is -2.17. The third-order valence-corrected chi connectivity index (χ3v) is 3.87. The molecule has 0 fully saturated rings. The van der Waals surface area contributed by atoms with Gasteiger partial charge in [0.25, 0.3) is 0 Å². The molecule has 0 aliphatic carbocycles. The van der Waals surface area contributed by atoms with Crippen LogP contribution in [0, 0.1) is 25.5 Å². The second-order valence-electron chi connectivity index (χ2n) is 6.00. The summed E-state index contributed by atoms with van der Waals surface area (Å²) in [5, 5.41) is 0. The minimum absolute atomic E-state index is 0.419. The Morgan fingerprint density at radius 1 is 1.20 bits per heavy atom. The molecule has 2 rings (SSSR count). The second kappa shape index (κ2) is 8.05. The molecule has 0 saturated carbocycles. The Morgan fingerprint density at radius 2 is 1.84 bits per heavy atom. The second-order valence-corrected chi connectivity index (χ2v) is 6.00. The molecule has 0 aliphatic rings. The molecule has 0 saturated heterocycles. The van der Waals surface area contributed by atoms with Crippen LogP contribution in [0.15, 0.2) is 29.3 Å². The van der Waals surface area contributed by atoms with Crippen molar-refractivity contribution in [2.24, 2.45) is 4.99 Å². The van der Waals surface area contributed by atoms with Crippen LogP contribution in [0.2, 0.25) is 0 Å². The molecule has 2 aromatic rings. The van der Waals surface area contributed by atoms with Crippen molar-refractivity contribution in [2.45, 2.75) is 33.8 Å². The van der Waals surface area contributed by atoms with Gasteiger partial charge in [0.1, 0.15) is 17.7 Å². The predicted molar refractivity (Wildman–Crippen MR) is 95.6 cm³/mol. The molecule has 6 heteroatoms. The van der Waals surface area contributed by atoms with Gasteiger partial charge in [-0.2, -0.15) is 0 Å². The fraction of sp³-hybridized carbons (Fsp3) is 0.368. The maximum Gasteiger partial charge on any atom is 0.217 e. The summed E-state index contributed by atoms with van der Waals surface area (Å²) in [6.07, 6.45) is 1.22. The smallest absolute Gasteiger partial charge is 0.217 e. The molecule has 0 spiro atoms. The molecule has 1 unspecified atom stereocenters. The lowest BCUT2D eigenvalue weighted by molar-refractivity contribution is 0.214. The summed E-state index contributed by atoms with van der Waals surface area (Å²) in [5.41, 5.74) is 2.71. The maximum absolute atomic E-state index is 13.4. The predicted octanol–water partition coefficient (Wildman–Crippen LogP) is 4.73. The summed E-state index contributed by atoms with van der Waals surface area (Å²) < 4.78 is 32.6. The molecule has 1 heterocycles. The third-order valence-electron chi connectivity index (χ3n) is 3.87. The molecule has 1 atom stereocenters. The molecule has 1 aromatic carbocycles. The average molecular weight is 347 g/mol. The first kappa shape index (κ1) is 18.8. The minimum Gasteiger partial charge on any atom is -0.470 e. The minimum atomic E-state index is -0.629.